The summed E-state index contributed by atoms with van der Waals surface area (Å²) in [7, 11) is 0. The third-order valence-electron chi connectivity index (χ3n) is 5.44. The zero-order valence-corrected chi connectivity index (χ0v) is 16.4. The van der Waals surface area contributed by atoms with E-state index in [9.17, 15) is 15.0 Å². The number of ether oxygens (including phenoxy) is 1. The molecule has 3 N–H and O–H groups in total. The third-order valence-corrected chi connectivity index (χ3v) is 5.44. The molecule has 0 saturated carbocycles. The Morgan fingerprint density at radius 2 is 1.67 bits per heavy atom. The largest absolute Gasteiger partial charge is 0.449 e. The number of benzene rings is 2. The van der Waals surface area contributed by atoms with Crippen molar-refractivity contribution in [3.63, 3.8) is 0 Å². The van der Waals surface area contributed by atoms with Gasteiger partial charge in [0, 0.05) is 30.4 Å². The number of aliphatic hydroxyl groups excluding tert-OH is 2. The third kappa shape index (κ3) is 4.20. The van der Waals surface area contributed by atoms with Crippen LogP contribution in [0.3, 0.4) is 0 Å². The molecule has 6 nitrogen and oxygen atoms in total. The Labute approximate surface area is 175 Å². The molecule has 0 radical (unpaired) electrons. The Morgan fingerprint density at radius 1 is 1.00 bits per heavy atom. The molecule has 2 unspecified atom stereocenters. The highest BCUT2D eigenvalue weighted by atomic mass is 16.5. The number of aliphatic hydroxyl groups is 2. The molecular formula is C24H24N2O4. The number of aromatic nitrogens is 1. The molecule has 1 aliphatic rings. The van der Waals surface area contributed by atoms with Gasteiger partial charge < -0.3 is 20.3 Å². The van der Waals surface area contributed by atoms with E-state index in [0.29, 0.717) is 5.56 Å². The van der Waals surface area contributed by atoms with Gasteiger partial charge in [-0.1, -0.05) is 54.6 Å². The minimum atomic E-state index is -1.05. The molecule has 0 fully saturated rings. The average Bonchev–Trinajstić information content (AvgIpc) is 3.11. The van der Waals surface area contributed by atoms with E-state index in [2.05, 4.69) is 34.6 Å². The zero-order chi connectivity index (χ0) is 20.9. The molecule has 2 aromatic carbocycles. The Kier molecular flexibility index (Phi) is 6.07. The summed E-state index contributed by atoms with van der Waals surface area (Å²) >= 11 is 0. The molecule has 1 aromatic heterocycles. The Morgan fingerprint density at radius 3 is 2.30 bits per heavy atom. The van der Waals surface area contributed by atoms with Crippen molar-refractivity contribution in [1.29, 1.82) is 0 Å². The predicted octanol–water partition coefficient (Wildman–Crippen LogP) is 3.40. The standard InChI is InChI=1S/C24H24N2O4/c27-22(23(28)16-6-5-12-25-14-16)11-13-26-24(29)30-15-21-19-9-3-1-7-17(19)18-8-2-4-10-20(18)21/h1-10,12,14,21-23,27-28H,11,13,15H2,(H,26,29). The number of carbonyl (C=O) groups is 1. The van der Waals surface area contributed by atoms with Gasteiger partial charge in [-0.15, -0.1) is 0 Å². The molecule has 2 atom stereocenters. The lowest BCUT2D eigenvalue weighted by Crippen LogP contribution is -2.30. The fourth-order valence-electron chi connectivity index (χ4n) is 3.90. The van der Waals surface area contributed by atoms with E-state index in [-0.39, 0.29) is 25.5 Å². The Hall–Kier alpha value is -3.22. The van der Waals surface area contributed by atoms with Crippen molar-refractivity contribution < 1.29 is 19.7 Å². The first kappa shape index (κ1) is 20.1. The lowest BCUT2D eigenvalue weighted by molar-refractivity contribution is 0.0135. The van der Waals surface area contributed by atoms with Gasteiger partial charge in [0.15, 0.2) is 0 Å². The minimum Gasteiger partial charge on any atom is -0.449 e. The highest BCUT2D eigenvalue weighted by molar-refractivity contribution is 5.79. The second-order valence-electron chi connectivity index (χ2n) is 7.34. The van der Waals surface area contributed by atoms with E-state index in [1.54, 1.807) is 18.3 Å². The summed E-state index contributed by atoms with van der Waals surface area (Å²) in [6, 6.07) is 19.7. The molecule has 0 saturated heterocycles. The second kappa shape index (κ2) is 9.07. The SMILES string of the molecule is O=C(NCCC(O)C(O)c1cccnc1)OCC1c2ccccc2-c2ccccc21. The highest BCUT2D eigenvalue weighted by Gasteiger charge is 2.29. The van der Waals surface area contributed by atoms with Crippen molar-refractivity contribution in [1.82, 2.24) is 10.3 Å². The molecule has 154 valence electrons. The summed E-state index contributed by atoms with van der Waals surface area (Å²) in [6.45, 7) is 0.426. The van der Waals surface area contributed by atoms with Crippen LogP contribution in [0.4, 0.5) is 4.79 Å². The number of hydrogen-bond acceptors (Lipinski definition) is 5. The predicted molar refractivity (Wildman–Crippen MR) is 113 cm³/mol. The van der Waals surface area contributed by atoms with Crippen LogP contribution in [0, 0.1) is 0 Å². The van der Waals surface area contributed by atoms with Crippen molar-refractivity contribution in [2.45, 2.75) is 24.5 Å². The normalized spacial score (nSPS) is 14.5. The van der Waals surface area contributed by atoms with Crippen LogP contribution in [0.2, 0.25) is 0 Å². The van der Waals surface area contributed by atoms with Crippen LogP contribution in [0.25, 0.3) is 11.1 Å². The van der Waals surface area contributed by atoms with Gasteiger partial charge in [-0.3, -0.25) is 4.98 Å². The molecule has 0 bridgehead atoms. The van der Waals surface area contributed by atoms with Crippen LogP contribution >= 0.6 is 0 Å². The average molecular weight is 404 g/mol. The lowest BCUT2D eigenvalue weighted by Gasteiger charge is -2.18. The molecule has 0 spiro atoms. The number of amides is 1. The van der Waals surface area contributed by atoms with E-state index < -0.39 is 18.3 Å². The van der Waals surface area contributed by atoms with Gasteiger partial charge in [-0.25, -0.2) is 4.79 Å². The van der Waals surface area contributed by atoms with Crippen LogP contribution in [0.1, 0.15) is 35.1 Å². The number of carbonyl (C=O) groups excluding carboxylic acids is 1. The van der Waals surface area contributed by atoms with E-state index in [4.69, 9.17) is 4.74 Å². The van der Waals surface area contributed by atoms with Gasteiger partial charge in [-0.2, -0.15) is 0 Å². The maximum Gasteiger partial charge on any atom is 0.407 e. The van der Waals surface area contributed by atoms with Crippen molar-refractivity contribution in [3.05, 3.63) is 89.7 Å². The summed E-state index contributed by atoms with van der Waals surface area (Å²) in [4.78, 5) is 16.1. The monoisotopic (exact) mass is 404 g/mol. The number of nitrogens with zero attached hydrogens (tertiary/aromatic N) is 1. The highest BCUT2D eigenvalue weighted by Crippen LogP contribution is 2.44. The van der Waals surface area contributed by atoms with Crippen LogP contribution in [-0.2, 0) is 4.74 Å². The van der Waals surface area contributed by atoms with Gasteiger partial charge in [0.25, 0.3) is 0 Å². The van der Waals surface area contributed by atoms with E-state index in [1.165, 1.54) is 17.3 Å². The Bertz CT molecular complexity index is 963. The van der Waals surface area contributed by atoms with Crippen LogP contribution < -0.4 is 5.32 Å². The molecule has 1 heterocycles. The van der Waals surface area contributed by atoms with Crippen LogP contribution in [0.5, 0.6) is 0 Å². The van der Waals surface area contributed by atoms with E-state index in [1.807, 2.05) is 24.3 Å². The van der Waals surface area contributed by atoms with E-state index >= 15 is 0 Å². The number of pyridine rings is 1. The lowest BCUT2D eigenvalue weighted by atomic mass is 9.98. The van der Waals surface area contributed by atoms with Gasteiger partial charge in [0.2, 0.25) is 0 Å². The molecule has 30 heavy (non-hydrogen) atoms. The zero-order valence-electron chi connectivity index (χ0n) is 16.4. The molecule has 0 aliphatic heterocycles. The minimum absolute atomic E-state index is 0.00106. The Balaban J connectivity index is 1.28. The molecule has 1 aliphatic carbocycles. The maximum absolute atomic E-state index is 12.2. The van der Waals surface area contributed by atoms with Gasteiger partial charge in [0.05, 0.1) is 6.10 Å². The van der Waals surface area contributed by atoms with Crippen molar-refractivity contribution in [2.75, 3.05) is 13.2 Å². The number of alkyl carbamates (subject to hydrolysis) is 1. The first-order chi connectivity index (χ1) is 14.6. The first-order valence-corrected chi connectivity index (χ1v) is 10.00. The first-order valence-electron chi connectivity index (χ1n) is 10.00. The van der Waals surface area contributed by atoms with Gasteiger partial charge in [0.1, 0.15) is 12.7 Å². The molecule has 1 amide bonds. The van der Waals surface area contributed by atoms with Gasteiger partial charge >= 0.3 is 6.09 Å². The molecule has 4 rings (SSSR count). The van der Waals surface area contributed by atoms with Crippen LogP contribution in [0.15, 0.2) is 73.1 Å². The molecule has 6 heteroatoms. The number of hydrogen-bond donors (Lipinski definition) is 3. The van der Waals surface area contributed by atoms with Crippen molar-refractivity contribution in [3.8, 4) is 11.1 Å². The summed E-state index contributed by atoms with van der Waals surface area (Å²) in [5.41, 5.74) is 5.19. The topological polar surface area (TPSA) is 91.7 Å². The quantitative estimate of drug-likeness (QED) is 0.561. The summed E-state index contributed by atoms with van der Waals surface area (Å²) < 4.78 is 5.46. The second-order valence-corrected chi connectivity index (χ2v) is 7.34. The van der Waals surface area contributed by atoms with Crippen molar-refractivity contribution >= 4 is 6.09 Å². The fourth-order valence-corrected chi connectivity index (χ4v) is 3.90. The molecular weight excluding hydrogens is 380 g/mol. The van der Waals surface area contributed by atoms with Crippen LogP contribution in [-0.4, -0.2) is 40.5 Å². The number of fused-ring (bicyclic) bond motifs is 3. The maximum atomic E-state index is 12.2. The van der Waals surface area contributed by atoms with Crippen molar-refractivity contribution in [2.24, 2.45) is 0 Å². The summed E-state index contributed by atoms with van der Waals surface area (Å²) in [6.07, 6.45) is 0.694. The molecule has 3 aromatic rings. The summed E-state index contributed by atoms with van der Waals surface area (Å²) in [5.74, 6) is 0.00106. The summed E-state index contributed by atoms with van der Waals surface area (Å²) in [5, 5.41) is 22.9. The number of nitrogens with one attached hydrogen (secondary N) is 1. The smallest absolute Gasteiger partial charge is 0.407 e. The number of rotatable bonds is 7. The van der Waals surface area contributed by atoms with Gasteiger partial charge in [-0.05, 0) is 34.7 Å². The fraction of sp³-hybridized carbons (Fsp3) is 0.250. The van der Waals surface area contributed by atoms with E-state index in [0.717, 1.165) is 11.1 Å².